The number of hydrogen-bond donors (Lipinski definition) is 0. The van der Waals surface area contributed by atoms with Crippen LogP contribution in [0.1, 0.15) is 40.5 Å². The normalized spacial score (nSPS) is 22.7. The van der Waals surface area contributed by atoms with Crippen molar-refractivity contribution in [3.8, 4) is 11.8 Å². The molecule has 1 rings (SSSR count). The summed E-state index contributed by atoms with van der Waals surface area (Å²) in [7, 11) is 2.21. The lowest BCUT2D eigenvalue weighted by Gasteiger charge is -2.34. The Kier molecular flexibility index (Phi) is 8.99. The zero-order valence-electron chi connectivity index (χ0n) is 14.7. The molecule has 0 aliphatic carbocycles. The van der Waals surface area contributed by atoms with E-state index in [0.29, 0.717) is 12.0 Å². The molecule has 1 saturated heterocycles. The van der Waals surface area contributed by atoms with Gasteiger partial charge in [-0.1, -0.05) is 46.0 Å². The van der Waals surface area contributed by atoms with Crippen molar-refractivity contribution in [2.24, 2.45) is 11.8 Å². The molecule has 3 nitrogen and oxygen atoms in total. The van der Waals surface area contributed by atoms with Crippen LogP contribution in [0.3, 0.4) is 0 Å². The summed E-state index contributed by atoms with van der Waals surface area (Å²) in [4.78, 5) is 4.84. The monoisotopic (exact) mass is 294 g/mol. The van der Waals surface area contributed by atoms with Gasteiger partial charge in [0, 0.05) is 32.1 Å². The highest BCUT2D eigenvalue weighted by Crippen LogP contribution is 2.09. The van der Waals surface area contributed by atoms with E-state index in [-0.39, 0.29) is 0 Å². The molecule has 2 unspecified atom stereocenters. The molecule has 1 aliphatic heterocycles. The van der Waals surface area contributed by atoms with Gasteiger partial charge in [-0.15, -0.1) is 0 Å². The highest BCUT2D eigenvalue weighted by atomic mass is 16.5. The SMILES string of the molecule is CCC(C)C#CCN1CCO[C@H](CN(C)CC(C)CC)C1. The quantitative estimate of drug-likeness (QED) is 0.672. The molecule has 0 bridgehead atoms. The first kappa shape index (κ1) is 18.5. The van der Waals surface area contributed by atoms with Crippen molar-refractivity contribution < 1.29 is 4.74 Å². The lowest BCUT2D eigenvalue weighted by molar-refractivity contribution is -0.0375. The fraction of sp³-hybridized carbons (Fsp3) is 0.889. The van der Waals surface area contributed by atoms with Crippen molar-refractivity contribution in [2.75, 3.05) is 46.4 Å². The van der Waals surface area contributed by atoms with E-state index >= 15 is 0 Å². The zero-order chi connectivity index (χ0) is 15.7. The van der Waals surface area contributed by atoms with Crippen molar-refractivity contribution >= 4 is 0 Å². The van der Waals surface area contributed by atoms with Crippen molar-refractivity contribution in [3.05, 3.63) is 0 Å². The fourth-order valence-electron chi connectivity index (χ4n) is 2.55. The van der Waals surface area contributed by atoms with Crippen LogP contribution in [0.15, 0.2) is 0 Å². The minimum Gasteiger partial charge on any atom is -0.374 e. The van der Waals surface area contributed by atoms with E-state index in [1.54, 1.807) is 0 Å². The lowest BCUT2D eigenvalue weighted by Crippen LogP contribution is -2.47. The molecule has 0 spiro atoms. The van der Waals surface area contributed by atoms with Gasteiger partial charge in [0.05, 0.1) is 19.3 Å². The Morgan fingerprint density at radius 2 is 2.05 bits per heavy atom. The van der Waals surface area contributed by atoms with Crippen LogP contribution in [0.2, 0.25) is 0 Å². The maximum Gasteiger partial charge on any atom is 0.0829 e. The van der Waals surface area contributed by atoms with Gasteiger partial charge in [0.25, 0.3) is 0 Å². The molecule has 1 fully saturated rings. The van der Waals surface area contributed by atoms with Crippen LogP contribution >= 0.6 is 0 Å². The number of morpholine rings is 1. The summed E-state index contributed by atoms with van der Waals surface area (Å²) in [6.45, 7) is 14.9. The lowest BCUT2D eigenvalue weighted by atomic mass is 10.1. The molecule has 0 radical (unpaired) electrons. The van der Waals surface area contributed by atoms with Gasteiger partial charge in [-0.3, -0.25) is 4.90 Å². The molecular weight excluding hydrogens is 260 g/mol. The minimum absolute atomic E-state index is 0.332. The summed E-state index contributed by atoms with van der Waals surface area (Å²) in [5.74, 6) is 7.93. The predicted molar refractivity (Wildman–Crippen MR) is 90.4 cm³/mol. The standard InChI is InChI=1S/C18H34N2O/c1-6-16(3)9-8-10-20-11-12-21-18(15-20)14-19(5)13-17(4)7-2/h16-18H,6-7,10-15H2,1-5H3/t16?,17?,18-/m1/s1. The summed E-state index contributed by atoms with van der Waals surface area (Å²) in [5, 5.41) is 0. The Morgan fingerprint density at radius 3 is 2.71 bits per heavy atom. The van der Waals surface area contributed by atoms with E-state index in [4.69, 9.17) is 4.74 Å². The summed E-state index contributed by atoms with van der Waals surface area (Å²) in [6, 6.07) is 0. The number of nitrogens with zero attached hydrogens (tertiary/aromatic N) is 2. The van der Waals surface area contributed by atoms with Gasteiger partial charge in [-0.2, -0.15) is 0 Å². The molecule has 0 amide bonds. The molecule has 122 valence electrons. The molecule has 1 aliphatic rings. The molecule has 21 heavy (non-hydrogen) atoms. The first-order valence-electron chi connectivity index (χ1n) is 8.56. The van der Waals surface area contributed by atoms with Crippen LogP contribution in [0.5, 0.6) is 0 Å². The molecule has 3 atom stereocenters. The maximum atomic E-state index is 5.91. The molecule has 1 heterocycles. The topological polar surface area (TPSA) is 15.7 Å². The van der Waals surface area contributed by atoms with Crippen LogP contribution in [-0.4, -0.2) is 62.3 Å². The maximum absolute atomic E-state index is 5.91. The van der Waals surface area contributed by atoms with Crippen LogP contribution < -0.4 is 0 Å². The summed E-state index contributed by atoms with van der Waals surface area (Å²) >= 11 is 0. The van der Waals surface area contributed by atoms with Gasteiger partial charge in [0.1, 0.15) is 0 Å². The first-order valence-corrected chi connectivity index (χ1v) is 8.56. The molecule has 0 N–H and O–H groups in total. The highest BCUT2D eigenvalue weighted by molar-refractivity contribution is 5.04. The van der Waals surface area contributed by atoms with Gasteiger partial charge in [-0.05, 0) is 19.4 Å². The van der Waals surface area contributed by atoms with Crippen LogP contribution in [0.25, 0.3) is 0 Å². The average Bonchev–Trinajstić information content (AvgIpc) is 2.47. The van der Waals surface area contributed by atoms with Gasteiger partial charge >= 0.3 is 0 Å². The Balaban J connectivity index is 2.32. The van der Waals surface area contributed by atoms with E-state index in [1.807, 2.05) is 0 Å². The van der Waals surface area contributed by atoms with Gasteiger partial charge < -0.3 is 9.64 Å². The molecular formula is C18H34N2O. The van der Waals surface area contributed by atoms with Crippen molar-refractivity contribution in [1.82, 2.24) is 9.80 Å². The van der Waals surface area contributed by atoms with E-state index in [1.165, 1.54) is 6.42 Å². The van der Waals surface area contributed by atoms with Crippen molar-refractivity contribution in [2.45, 2.75) is 46.6 Å². The van der Waals surface area contributed by atoms with Crippen molar-refractivity contribution in [3.63, 3.8) is 0 Å². The zero-order valence-corrected chi connectivity index (χ0v) is 14.7. The number of likely N-dealkylation sites (N-methyl/N-ethyl adjacent to an activating group) is 1. The Morgan fingerprint density at radius 1 is 1.29 bits per heavy atom. The third kappa shape index (κ3) is 7.85. The minimum atomic E-state index is 0.332. The molecule has 0 aromatic carbocycles. The number of hydrogen-bond acceptors (Lipinski definition) is 3. The second-order valence-corrected chi connectivity index (χ2v) is 6.59. The van der Waals surface area contributed by atoms with Crippen molar-refractivity contribution in [1.29, 1.82) is 0 Å². The second kappa shape index (κ2) is 10.2. The first-order chi connectivity index (χ1) is 10.0. The van der Waals surface area contributed by atoms with E-state index in [0.717, 1.165) is 51.7 Å². The van der Waals surface area contributed by atoms with Gasteiger partial charge in [0.2, 0.25) is 0 Å². The van der Waals surface area contributed by atoms with E-state index < -0.39 is 0 Å². The summed E-state index contributed by atoms with van der Waals surface area (Å²) in [5.41, 5.74) is 0. The van der Waals surface area contributed by atoms with Crippen LogP contribution in [0.4, 0.5) is 0 Å². The predicted octanol–water partition coefficient (Wildman–Crippen LogP) is 2.71. The van der Waals surface area contributed by atoms with Crippen LogP contribution in [0, 0.1) is 23.7 Å². The second-order valence-electron chi connectivity index (χ2n) is 6.59. The number of ether oxygens (including phenoxy) is 1. The largest absolute Gasteiger partial charge is 0.374 e. The summed E-state index contributed by atoms with van der Waals surface area (Å²) < 4.78 is 5.91. The third-order valence-corrected chi connectivity index (χ3v) is 4.32. The van der Waals surface area contributed by atoms with E-state index in [2.05, 4.69) is 56.4 Å². The van der Waals surface area contributed by atoms with Gasteiger partial charge in [-0.25, -0.2) is 0 Å². The smallest absolute Gasteiger partial charge is 0.0829 e. The summed E-state index contributed by atoms with van der Waals surface area (Å²) in [6.07, 6.45) is 2.71. The average molecular weight is 294 g/mol. The Hall–Kier alpha value is -0.560. The molecule has 0 saturated carbocycles. The van der Waals surface area contributed by atoms with Gasteiger partial charge in [0.15, 0.2) is 0 Å². The van der Waals surface area contributed by atoms with E-state index in [9.17, 15) is 0 Å². The Labute approximate surface area is 132 Å². The fourth-order valence-corrected chi connectivity index (χ4v) is 2.55. The number of rotatable bonds is 7. The molecule has 3 heteroatoms. The Bertz CT molecular complexity index is 334. The van der Waals surface area contributed by atoms with Crippen LogP contribution in [-0.2, 0) is 4.74 Å². The molecule has 0 aromatic rings. The third-order valence-electron chi connectivity index (χ3n) is 4.32. The molecule has 0 aromatic heterocycles. The highest BCUT2D eigenvalue weighted by Gasteiger charge is 2.21.